The van der Waals surface area contributed by atoms with Gasteiger partial charge in [0.05, 0.1) is 0 Å². The maximum atomic E-state index is 13.1. The molecule has 0 radical (unpaired) electrons. The van der Waals surface area contributed by atoms with Gasteiger partial charge >= 0.3 is 0 Å². The summed E-state index contributed by atoms with van der Waals surface area (Å²) in [4.78, 5) is 0. The molecule has 0 fully saturated rings. The molecule has 0 nitrogen and oxygen atoms in total. The first-order valence-corrected chi connectivity index (χ1v) is 6.91. The minimum absolute atomic E-state index is 0.135. The van der Waals surface area contributed by atoms with Crippen LogP contribution in [0.25, 0.3) is 6.08 Å². The van der Waals surface area contributed by atoms with Gasteiger partial charge in [-0.15, -0.1) is 0 Å². The average Bonchev–Trinajstić information content (AvgIpc) is 2.27. The van der Waals surface area contributed by atoms with Gasteiger partial charge in [-0.3, -0.25) is 0 Å². The lowest BCUT2D eigenvalue weighted by atomic mass is 9.83. The fourth-order valence-electron chi connectivity index (χ4n) is 2.59. The molecule has 1 aliphatic carbocycles. The number of hydrogen-bond donors (Lipinski definition) is 0. The third kappa shape index (κ3) is 3.69. The number of benzene rings is 1. The highest BCUT2D eigenvalue weighted by Crippen LogP contribution is 2.29. The van der Waals surface area contributed by atoms with Gasteiger partial charge in [0.1, 0.15) is 5.82 Å². The molecule has 0 N–H and O–H groups in total. The first-order chi connectivity index (χ1) is 8.44. The predicted octanol–water partition coefficient (Wildman–Crippen LogP) is 5.23. The van der Waals surface area contributed by atoms with Crippen molar-refractivity contribution in [1.29, 1.82) is 0 Å². The Bertz CT molecular complexity index is 437. The summed E-state index contributed by atoms with van der Waals surface area (Å²) in [5.41, 5.74) is 2.78. The van der Waals surface area contributed by atoms with E-state index >= 15 is 0 Å². The average molecular weight is 246 g/mol. The Labute approximate surface area is 110 Å². The Morgan fingerprint density at radius 2 is 2.06 bits per heavy atom. The molecule has 1 heteroatoms. The number of fused-ring (bicyclic) bond motifs is 1. The van der Waals surface area contributed by atoms with Crippen LogP contribution in [0.3, 0.4) is 0 Å². The second kappa shape index (κ2) is 5.26. The van der Waals surface area contributed by atoms with Gasteiger partial charge in [0.15, 0.2) is 0 Å². The van der Waals surface area contributed by atoms with Gasteiger partial charge < -0.3 is 0 Å². The highest BCUT2D eigenvalue weighted by Gasteiger charge is 2.16. The summed E-state index contributed by atoms with van der Waals surface area (Å²) in [5.74, 6) is 0.495. The molecule has 0 saturated heterocycles. The Hall–Kier alpha value is -1.11. The van der Waals surface area contributed by atoms with Crippen LogP contribution in [0.5, 0.6) is 0 Å². The molecule has 0 saturated carbocycles. The van der Waals surface area contributed by atoms with Crippen molar-refractivity contribution in [3.8, 4) is 0 Å². The molecule has 18 heavy (non-hydrogen) atoms. The van der Waals surface area contributed by atoms with E-state index in [1.54, 1.807) is 12.1 Å². The molecular formula is C17H23F. The predicted molar refractivity (Wildman–Crippen MR) is 75.9 cm³/mol. The van der Waals surface area contributed by atoms with E-state index in [1.165, 1.54) is 24.8 Å². The fraction of sp³-hybridized carbons (Fsp3) is 0.529. The number of rotatable bonds is 3. The maximum Gasteiger partial charge on any atom is 0.123 e. The largest absolute Gasteiger partial charge is 0.207 e. The van der Waals surface area contributed by atoms with Crippen molar-refractivity contribution in [2.45, 2.75) is 46.5 Å². The van der Waals surface area contributed by atoms with E-state index in [0.29, 0.717) is 11.3 Å². The SMILES string of the molecule is CC(C)(C)CCCC1C=Cc2cc(F)ccc2C1. The van der Waals surface area contributed by atoms with Gasteiger partial charge in [0.25, 0.3) is 0 Å². The Morgan fingerprint density at radius 3 is 2.78 bits per heavy atom. The molecule has 2 rings (SSSR count). The smallest absolute Gasteiger partial charge is 0.123 e. The van der Waals surface area contributed by atoms with Crippen LogP contribution in [0.1, 0.15) is 51.2 Å². The van der Waals surface area contributed by atoms with E-state index in [9.17, 15) is 4.39 Å². The summed E-state index contributed by atoms with van der Waals surface area (Å²) < 4.78 is 13.1. The molecule has 1 unspecified atom stereocenters. The van der Waals surface area contributed by atoms with E-state index in [0.717, 1.165) is 12.0 Å². The minimum Gasteiger partial charge on any atom is -0.207 e. The summed E-state index contributed by atoms with van der Waals surface area (Å²) >= 11 is 0. The van der Waals surface area contributed by atoms with Crippen LogP contribution in [0.2, 0.25) is 0 Å². The van der Waals surface area contributed by atoms with Crippen LogP contribution in [0, 0.1) is 17.2 Å². The van der Waals surface area contributed by atoms with Crippen molar-refractivity contribution in [3.63, 3.8) is 0 Å². The molecule has 98 valence electrons. The monoisotopic (exact) mass is 246 g/mol. The second-order valence-electron chi connectivity index (χ2n) is 6.62. The molecule has 1 atom stereocenters. The number of allylic oxidation sites excluding steroid dienone is 1. The van der Waals surface area contributed by atoms with Crippen LogP contribution in [0.15, 0.2) is 24.3 Å². The molecular weight excluding hydrogens is 223 g/mol. The van der Waals surface area contributed by atoms with Gasteiger partial charge in [-0.05, 0) is 53.9 Å². The molecule has 0 aliphatic heterocycles. The number of hydrogen-bond acceptors (Lipinski definition) is 0. The zero-order valence-corrected chi connectivity index (χ0v) is 11.7. The van der Waals surface area contributed by atoms with Crippen molar-refractivity contribution in [3.05, 3.63) is 41.2 Å². The summed E-state index contributed by atoms with van der Waals surface area (Å²) in [5, 5.41) is 0. The summed E-state index contributed by atoms with van der Waals surface area (Å²) in [6.45, 7) is 6.88. The first-order valence-electron chi connectivity index (χ1n) is 6.91. The normalized spacial score (nSPS) is 18.8. The van der Waals surface area contributed by atoms with Crippen LogP contribution in [0.4, 0.5) is 4.39 Å². The molecule has 1 aliphatic rings. The molecule has 1 aromatic carbocycles. The minimum atomic E-state index is -0.135. The molecule has 0 aromatic heterocycles. The standard InChI is InChI=1S/C17H23F/c1-17(2,3)10-4-5-13-6-7-15-12-16(18)9-8-14(15)11-13/h6-9,12-13H,4-5,10-11H2,1-3H3. The van der Waals surface area contributed by atoms with Gasteiger partial charge in [-0.2, -0.15) is 0 Å². The molecule has 0 bridgehead atoms. The summed E-state index contributed by atoms with van der Waals surface area (Å²) in [6, 6.07) is 5.15. The van der Waals surface area contributed by atoms with E-state index < -0.39 is 0 Å². The summed E-state index contributed by atoms with van der Waals surface area (Å²) in [7, 11) is 0. The highest BCUT2D eigenvalue weighted by atomic mass is 19.1. The van der Waals surface area contributed by atoms with Crippen molar-refractivity contribution in [1.82, 2.24) is 0 Å². The van der Waals surface area contributed by atoms with E-state index in [1.807, 2.05) is 6.07 Å². The van der Waals surface area contributed by atoms with Crippen molar-refractivity contribution in [2.24, 2.45) is 11.3 Å². The maximum absolute atomic E-state index is 13.1. The van der Waals surface area contributed by atoms with Crippen molar-refractivity contribution in [2.75, 3.05) is 0 Å². The Morgan fingerprint density at radius 1 is 1.28 bits per heavy atom. The Kier molecular flexibility index (Phi) is 3.89. The third-order valence-corrected chi connectivity index (χ3v) is 3.64. The van der Waals surface area contributed by atoms with E-state index in [-0.39, 0.29) is 5.82 Å². The topological polar surface area (TPSA) is 0 Å². The fourth-order valence-corrected chi connectivity index (χ4v) is 2.59. The van der Waals surface area contributed by atoms with Crippen molar-refractivity contribution < 1.29 is 4.39 Å². The molecule has 0 heterocycles. The lowest BCUT2D eigenvalue weighted by Gasteiger charge is -2.22. The molecule has 0 amide bonds. The van der Waals surface area contributed by atoms with Gasteiger partial charge in [-0.1, -0.05) is 45.4 Å². The molecule has 1 aromatic rings. The lowest BCUT2D eigenvalue weighted by molar-refractivity contribution is 0.348. The van der Waals surface area contributed by atoms with E-state index in [2.05, 4.69) is 32.9 Å². The lowest BCUT2D eigenvalue weighted by Crippen LogP contribution is -2.10. The quantitative estimate of drug-likeness (QED) is 0.685. The third-order valence-electron chi connectivity index (χ3n) is 3.64. The highest BCUT2D eigenvalue weighted by molar-refractivity contribution is 5.56. The molecule has 0 spiro atoms. The van der Waals surface area contributed by atoms with Crippen LogP contribution in [-0.2, 0) is 6.42 Å². The van der Waals surface area contributed by atoms with Gasteiger partial charge in [-0.25, -0.2) is 4.39 Å². The van der Waals surface area contributed by atoms with E-state index in [4.69, 9.17) is 0 Å². The van der Waals surface area contributed by atoms with Gasteiger partial charge in [0.2, 0.25) is 0 Å². The van der Waals surface area contributed by atoms with Crippen LogP contribution >= 0.6 is 0 Å². The zero-order valence-electron chi connectivity index (χ0n) is 11.7. The Balaban J connectivity index is 1.91. The van der Waals surface area contributed by atoms with Crippen LogP contribution < -0.4 is 0 Å². The van der Waals surface area contributed by atoms with Crippen LogP contribution in [-0.4, -0.2) is 0 Å². The first kappa shape index (κ1) is 13.3. The summed E-state index contributed by atoms with van der Waals surface area (Å²) in [6.07, 6.45) is 9.19. The zero-order chi connectivity index (χ0) is 13.2. The number of halogens is 1. The van der Waals surface area contributed by atoms with Gasteiger partial charge in [0, 0.05) is 0 Å². The second-order valence-corrected chi connectivity index (χ2v) is 6.62. The van der Waals surface area contributed by atoms with Crippen molar-refractivity contribution >= 4 is 6.08 Å².